The Morgan fingerprint density at radius 3 is 2.17 bits per heavy atom. The molecule has 0 aliphatic heterocycles. The predicted octanol–water partition coefficient (Wildman–Crippen LogP) is 2.63. The van der Waals surface area contributed by atoms with Gasteiger partial charge in [0.05, 0.1) is 5.92 Å². The minimum absolute atomic E-state index is 0.0524. The van der Waals surface area contributed by atoms with Crippen molar-refractivity contribution in [1.29, 1.82) is 0 Å². The van der Waals surface area contributed by atoms with Gasteiger partial charge in [0, 0.05) is 5.57 Å². The Bertz CT molecular complexity index is 399. The zero-order valence-corrected chi connectivity index (χ0v) is 11.9. The molecule has 0 aromatic heterocycles. The Kier molecular flexibility index (Phi) is 3.61. The second kappa shape index (κ2) is 4.41. The lowest BCUT2D eigenvalue weighted by Crippen LogP contribution is -2.26. The van der Waals surface area contributed by atoms with Gasteiger partial charge in [-0.3, -0.25) is 4.79 Å². The number of carboxylic acids is 1. The van der Waals surface area contributed by atoms with Gasteiger partial charge in [0.2, 0.25) is 0 Å². The largest absolute Gasteiger partial charge is 0.478 e. The highest BCUT2D eigenvalue weighted by atomic mass is 16.6. The summed E-state index contributed by atoms with van der Waals surface area (Å²) in [4.78, 5) is 22.8. The molecule has 1 aliphatic carbocycles. The van der Waals surface area contributed by atoms with E-state index in [0.717, 1.165) is 0 Å². The first-order valence-corrected chi connectivity index (χ1v) is 6.11. The highest BCUT2D eigenvalue weighted by Gasteiger charge is 2.62. The number of allylic oxidation sites excluding steroid dienone is 1. The SMILES string of the molecule is CC(=C[C@@H]1[C@@H](C(=O)OC(C)(C)C)C1(C)C)C(=O)O. The molecule has 4 heteroatoms. The van der Waals surface area contributed by atoms with Crippen LogP contribution in [0.15, 0.2) is 11.6 Å². The van der Waals surface area contributed by atoms with Gasteiger partial charge < -0.3 is 9.84 Å². The molecule has 2 atom stereocenters. The summed E-state index contributed by atoms with van der Waals surface area (Å²) < 4.78 is 5.35. The van der Waals surface area contributed by atoms with E-state index in [4.69, 9.17) is 9.84 Å². The third kappa shape index (κ3) is 3.12. The first-order chi connectivity index (χ1) is 7.97. The summed E-state index contributed by atoms with van der Waals surface area (Å²) in [7, 11) is 0. The normalized spacial score (nSPS) is 26.7. The van der Waals surface area contributed by atoms with Crippen LogP contribution in [0.5, 0.6) is 0 Å². The van der Waals surface area contributed by atoms with Crippen LogP contribution in [-0.4, -0.2) is 22.6 Å². The Balaban J connectivity index is 2.79. The molecule has 0 heterocycles. The number of hydrogen-bond acceptors (Lipinski definition) is 3. The highest BCUT2D eigenvalue weighted by molar-refractivity contribution is 5.86. The second-order valence-electron chi connectivity index (χ2n) is 6.51. The topological polar surface area (TPSA) is 63.6 Å². The fraction of sp³-hybridized carbons (Fsp3) is 0.714. The lowest BCUT2D eigenvalue weighted by molar-refractivity contribution is -0.157. The number of rotatable bonds is 3. The number of hydrogen-bond donors (Lipinski definition) is 1. The van der Waals surface area contributed by atoms with E-state index >= 15 is 0 Å². The second-order valence-corrected chi connectivity index (χ2v) is 6.51. The van der Waals surface area contributed by atoms with Crippen LogP contribution in [0.2, 0.25) is 0 Å². The van der Waals surface area contributed by atoms with E-state index < -0.39 is 11.6 Å². The standard InChI is InChI=1S/C14H22O4/c1-8(11(15)16)7-9-10(14(9,5)6)12(17)18-13(2,3)4/h7,9-10H,1-6H3,(H,15,16)/t9-,10+/m1/s1. The van der Waals surface area contributed by atoms with E-state index in [0.29, 0.717) is 0 Å². The third-order valence-electron chi connectivity index (χ3n) is 3.34. The summed E-state index contributed by atoms with van der Waals surface area (Å²) in [5.74, 6) is -1.48. The molecule has 1 fully saturated rings. The summed E-state index contributed by atoms with van der Waals surface area (Å²) in [6, 6.07) is 0. The van der Waals surface area contributed by atoms with Gasteiger partial charge in [0.15, 0.2) is 0 Å². The molecule has 1 rings (SSSR count). The van der Waals surface area contributed by atoms with E-state index in [1.165, 1.54) is 0 Å². The molecule has 18 heavy (non-hydrogen) atoms. The van der Waals surface area contributed by atoms with Crippen LogP contribution in [0.3, 0.4) is 0 Å². The molecule has 1 aliphatic rings. The van der Waals surface area contributed by atoms with Crippen molar-refractivity contribution in [2.45, 2.75) is 47.1 Å². The number of esters is 1. The van der Waals surface area contributed by atoms with Crippen molar-refractivity contribution < 1.29 is 19.4 Å². The van der Waals surface area contributed by atoms with Crippen LogP contribution in [0.25, 0.3) is 0 Å². The first kappa shape index (κ1) is 14.7. The summed E-state index contributed by atoms with van der Waals surface area (Å²) in [5.41, 5.74) is -0.454. The van der Waals surface area contributed by atoms with Crippen LogP contribution in [0.1, 0.15) is 41.5 Å². The molecule has 0 amide bonds. The maximum absolute atomic E-state index is 12.0. The average Bonchev–Trinajstić information content (AvgIpc) is 2.64. The van der Waals surface area contributed by atoms with Gasteiger partial charge in [-0.15, -0.1) is 0 Å². The molecule has 1 saturated carbocycles. The molecule has 0 aromatic carbocycles. The molecule has 4 nitrogen and oxygen atoms in total. The monoisotopic (exact) mass is 254 g/mol. The molecule has 0 saturated heterocycles. The molecule has 0 unspecified atom stereocenters. The average molecular weight is 254 g/mol. The summed E-state index contributed by atoms with van der Waals surface area (Å²) in [6.45, 7) is 10.9. The van der Waals surface area contributed by atoms with Crippen LogP contribution >= 0.6 is 0 Å². The quantitative estimate of drug-likeness (QED) is 0.621. The van der Waals surface area contributed by atoms with E-state index in [9.17, 15) is 9.59 Å². The van der Waals surface area contributed by atoms with E-state index in [2.05, 4.69) is 0 Å². The molecule has 0 aromatic rings. The molecular formula is C14H22O4. The van der Waals surface area contributed by atoms with Crippen LogP contribution in [0, 0.1) is 17.3 Å². The Morgan fingerprint density at radius 2 is 1.78 bits per heavy atom. The van der Waals surface area contributed by atoms with Crippen molar-refractivity contribution in [2.75, 3.05) is 0 Å². The first-order valence-electron chi connectivity index (χ1n) is 6.11. The number of carbonyl (C=O) groups is 2. The van der Waals surface area contributed by atoms with Gasteiger partial charge in [0.1, 0.15) is 5.60 Å². The Morgan fingerprint density at radius 1 is 1.28 bits per heavy atom. The number of carbonyl (C=O) groups excluding carboxylic acids is 1. The number of ether oxygens (including phenoxy) is 1. The fourth-order valence-electron chi connectivity index (χ4n) is 2.14. The van der Waals surface area contributed by atoms with Crippen molar-refractivity contribution in [3.8, 4) is 0 Å². The summed E-state index contributed by atoms with van der Waals surface area (Å²) in [5, 5.41) is 8.86. The molecule has 0 spiro atoms. The fourth-order valence-corrected chi connectivity index (χ4v) is 2.14. The van der Waals surface area contributed by atoms with Gasteiger partial charge in [-0.05, 0) is 39.0 Å². The van der Waals surface area contributed by atoms with Crippen molar-refractivity contribution in [3.63, 3.8) is 0 Å². The van der Waals surface area contributed by atoms with Crippen LogP contribution in [-0.2, 0) is 14.3 Å². The van der Waals surface area contributed by atoms with Gasteiger partial charge >= 0.3 is 11.9 Å². The maximum Gasteiger partial charge on any atom is 0.330 e. The minimum atomic E-state index is -0.944. The molecule has 0 bridgehead atoms. The number of carboxylic acid groups (broad SMARTS) is 1. The van der Waals surface area contributed by atoms with Crippen LogP contribution in [0.4, 0.5) is 0 Å². The molecular weight excluding hydrogens is 232 g/mol. The van der Waals surface area contributed by atoms with Crippen LogP contribution < -0.4 is 0 Å². The zero-order valence-electron chi connectivity index (χ0n) is 11.9. The molecule has 102 valence electrons. The molecule has 0 radical (unpaired) electrons. The van der Waals surface area contributed by atoms with Crippen molar-refractivity contribution in [3.05, 3.63) is 11.6 Å². The maximum atomic E-state index is 12.0. The minimum Gasteiger partial charge on any atom is -0.478 e. The lowest BCUT2D eigenvalue weighted by atomic mass is 10.1. The van der Waals surface area contributed by atoms with Crippen molar-refractivity contribution in [1.82, 2.24) is 0 Å². The number of aliphatic carboxylic acids is 1. The van der Waals surface area contributed by atoms with Gasteiger partial charge in [-0.2, -0.15) is 0 Å². The third-order valence-corrected chi connectivity index (χ3v) is 3.34. The van der Waals surface area contributed by atoms with E-state index in [1.54, 1.807) is 13.0 Å². The van der Waals surface area contributed by atoms with E-state index in [-0.39, 0.29) is 28.8 Å². The van der Waals surface area contributed by atoms with Crippen molar-refractivity contribution in [2.24, 2.45) is 17.3 Å². The Labute approximate surface area is 108 Å². The predicted molar refractivity (Wildman–Crippen MR) is 68.0 cm³/mol. The molecule has 1 N–H and O–H groups in total. The van der Waals surface area contributed by atoms with Gasteiger partial charge in [0.25, 0.3) is 0 Å². The summed E-state index contributed by atoms with van der Waals surface area (Å²) >= 11 is 0. The van der Waals surface area contributed by atoms with E-state index in [1.807, 2.05) is 34.6 Å². The Hall–Kier alpha value is -1.32. The summed E-state index contributed by atoms with van der Waals surface area (Å²) in [6.07, 6.45) is 1.66. The van der Waals surface area contributed by atoms with Gasteiger partial charge in [-0.1, -0.05) is 19.9 Å². The highest BCUT2D eigenvalue weighted by Crippen LogP contribution is 2.60. The smallest absolute Gasteiger partial charge is 0.330 e. The lowest BCUT2D eigenvalue weighted by Gasteiger charge is -2.19. The van der Waals surface area contributed by atoms with Crippen molar-refractivity contribution >= 4 is 11.9 Å². The van der Waals surface area contributed by atoms with Gasteiger partial charge in [-0.25, -0.2) is 4.79 Å². The zero-order chi connectivity index (χ0) is 14.3.